The summed E-state index contributed by atoms with van der Waals surface area (Å²) in [6, 6.07) is 4.53. The molecule has 0 aliphatic heterocycles. The molecule has 0 aliphatic rings. The summed E-state index contributed by atoms with van der Waals surface area (Å²) in [7, 11) is 0. The van der Waals surface area contributed by atoms with Crippen LogP contribution in [0.2, 0.25) is 5.02 Å². The number of thiocarbonyl (C=S) groups is 1. The second-order valence-corrected chi connectivity index (χ2v) is 4.35. The van der Waals surface area contributed by atoms with E-state index in [9.17, 15) is 4.39 Å². The molecule has 88 valence electrons. The lowest BCUT2D eigenvalue weighted by molar-refractivity contribution is 0.599. The van der Waals surface area contributed by atoms with Crippen molar-refractivity contribution < 1.29 is 4.39 Å². The minimum absolute atomic E-state index is 0.185. The maximum absolute atomic E-state index is 13.6. The van der Waals surface area contributed by atoms with Crippen molar-refractivity contribution in [3.8, 4) is 0 Å². The maximum atomic E-state index is 13.6. The molecule has 0 amide bonds. The van der Waals surface area contributed by atoms with Gasteiger partial charge in [-0.2, -0.15) is 0 Å². The van der Waals surface area contributed by atoms with Crippen molar-refractivity contribution in [3.05, 3.63) is 52.8 Å². The van der Waals surface area contributed by atoms with Gasteiger partial charge in [0.05, 0.1) is 6.54 Å². The minimum atomic E-state index is -0.361. The molecule has 6 heteroatoms. The molecule has 0 atom stereocenters. The SMILES string of the molecule is NC(=S)c1nccn1Cc1ccc(Cl)cc1F. The Hall–Kier alpha value is -1.46. The predicted octanol–water partition coefficient (Wildman–Crippen LogP) is 2.36. The quantitative estimate of drug-likeness (QED) is 0.870. The molecule has 2 aromatic rings. The molecular weight excluding hydrogens is 261 g/mol. The van der Waals surface area contributed by atoms with E-state index < -0.39 is 0 Å². The van der Waals surface area contributed by atoms with Crippen molar-refractivity contribution >= 4 is 28.8 Å². The fourth-order valence-electron chi connectivity index (χ4n) is 1.50. The van der Waals surface area contributed by atoms with Crippen LogP contribution in [0.4, 0.5) is 4.39 Å². The van der Waals surface area contributed by atoms with E-state index in [1.54, 1.807) is 29.1 Å². The Kier molecular flexibility index (Phi) is 3.40. The molecule has 0 fully saturated rings. The van der Waals surface area contributed by atoms with Crippen molar-refractivity contribution in [2.75, 3.05) is 0 Å². The molecule has 2 N–H and O–H groups in total. The Balaban J connectivity index is 2.31. The summed E-state index contributed by atoms with van der Waals surface area (Å²) in [5.41, 5.74) is 6.01. The van der Waals surface area contributed by atoms with Gasteiger partial charge in [0.2, 0.25) is 0 Å². The van der Waals surface area contributed by atoms with E-state index in [-0.39, 0.29) is 10.8 Å². The summed E-state index contributed by atoms with van der Waals surface area (Å²) in [6.45, 7) is 0.315. The van der Waals surface area contributed by atoms with Crippen LogP contribution in [0, 0.1) is 5.82 Å². The van der Waals surface area contributed by atoms with E-state index in [1.165, 1.54) is 6.07 Å². The lowest BCUT2D eigenvalue weighted by Gasteiger charge is -2.07. The van der Waals surface area contributed by atoms with E-state index in [0.717, 1.165) is 0 Å². The Morgan fingerprint density at radius 1 is 1.53 bits per heavy atom. The lowest BCUT2D eigenvalue weighted by Crippen LogP contribution is -2.17. The van der Waals surface area contributed by atoms with Gasteiger partial charge < -0.3 is 10.3 Å². The number of hydrogen-bond donors (Lipinski definition) is 1. The second kappa shape index (κ2) is 4.81. The third-order valence-corrected chi connectivity index (χ3v) is 2.71. The number of imidazole rings is 1. The van der Waals surface area contributed by atoms with E-state index in [4.69, 9.17) is 29.6 Å². The molecule has 3 nitrogen and oxygen atoms in total. The van der Waals surface area contributed by atoms with Crippen LogP contribution in [-0.4, -0.2) is 14.5 Å². The van der Waals surface area contributed by atoms with Gasteiger partial charge in [-0.25, -0.2) is 9.37 Å². The fraction of sp³-hybridized carbons (Fsp3) is 0.0909. The molecule has 0 spiro atoms. The van der Waals surface area contributed by atoms with Crippen LogP contribution in [0.1, 0.15) is 11.4 Å². The van der Waals surface area contributed by atoms with Crippen LogP contribution in [-0.2, 0) is 6.54 Å². The highest BCUT2D eigenvalue weighted by Crippen LogP contribution is 2.16. The molecule has 1 aromatic heterocycles. The second-order valence-electron chi connectivity index (χ2n) is 3.48. The molecule has 17 heavy (non-hydrogen) atoms. The van der Waals surface area contributed by atoms with Gasteiger partial charge in [-0.1, -0.05) is 29.9 Å². The third kappa shape index (κ3) is 2.62. The summed E-state index contributed by atoms with van der Waals surface area (Å²) < 4.78 is 15.3. The van der Waals surface area contributed by atoms with Crippen LogP contribution < -0.4 is 5.73 Å². The van der Waals surface area contributed by atoms with E-state index >= 15 is 0 Å². The number of aromatic nitrogens is 2. The van der Waals surface area contributed by atoms with Gasteiger partial charge >= 0.3 is 0 Å². The molecule has 0 saturated carbocycles. The Bertz CT molecular complexity index is 568. The zero-order valence-electron chi connectivity index (χ0n) is 8.73. The highest BCUT2D eigenvalue weighted by Gasteiger charge is 2.09. The number of nitrogens with two attached hydrogens (primary N) is 1. The molecule has 0 bridgehead atoms. The van der Waals surface area contributed by atoms with Crippen LogP contribution >= 0.6 is 23.8 Å². The smallest absolute Gasteiger partial charge is 0.167 e. The lowest BCUT2D eigenvalue weighted by atomic mass is 10.2. The van der Waals surface area contributed by atoms with Crippen LogP contribution in [0.25, 0.3) is 0 Å². The van der Waals surface area contributed by atoms with Gasteiger partial charge in [0, 0.05) is 23.0 Å². The number of rotatable bonds is 3. The van der Waals surface area contributed by atoms with Crippen LogP contribution in [0.15, 0.2) is 30.6 Å². The average molecular weight is 270 g/mol. The van der Waals surface area contributed by atoms with Crippen LogP contribution in [0.5, 0.6) is 0 Å². The first-order valence-electron chi connectivity index (χ1n) is 4.83. The number of nitrogens with zero attached hydrogens (tertiary/aromatic N) is 2. The molecule has 1 aromatic carbocycles. The van der Waals surface area contributed by atoms with Crippen molar-refractivity contribution in [3.63, 3.8) is 0 Å². The predicted molar refractivity (Wildman–Crippen MR) is 68.6 cm³/mol. The number of benzene rings is 1. The van der Waals surface area contributed by atoms with Gasteiger partial charge in [-0.3, -0.25) is 0 Å². The minimum Gasteiger partial charge on any atom is -0.387 e. The van der Waals surface area contributed by atoms with Crippen molar-refractivity contribution in [2.24, 2.45) is 5.73 Å². The normalized spacial score (nSPS) is 10.5. The Labute approximate surface area is 108 Å². The molecule has 1 heterocycles. The highest BCUT2D eigenvalue weighted by molar-refractivity contribution is 7.80. The number of hydrogen-bond acceptors (Lipinski definition) is 2. The monoisotopic (exact) mass is 269 g/mol. The van der Waals surface area contributed by atoms with Gasteiger partial charge in [-0.15, -0.1) is 0 Å². The molecule has 2 rings (SSSR count). The largest absolute Gasteiger partial charge is 0.387 e. The molecule has 0 aliphatic carbocycles. The summed E-state index contributed by atoms with van der Waals surface area (Å²) in [4.78, 5) is 4.19. The van der Waals surface area contributed by atoms with Gasteiger partial charge in [0.25, 0.3) is 0 Å². The Morgan fingerprint density at radius 2 is 2.29 bits per heavy atom. The summed E-state index contributed by atoms with van der Waals surface area (Å²) >= 11 is 10.5. The van der Waals surface area contributed by atoms with Crippen LogP contribution in [0.3, 0.4) is 0 Å². The maximum Gasteiger partial charge on any atom is 0.167 e. The van der Waals surface area contributed by atoms with Gasteiger partial charge in [0.1, 0.15) is 10.8 Å². The molecular formula is C11H9ClFN3S. The summed E-state index contributed by atoms with van der Waals surface area (Å²) in [5.74, 6) is 0.106. The summed E-state index contributed by atoms with van der Waals surface area (Å²) in [6.07, 6.45) is 3.27. The van der Waals surface area contributed by atoms with Crippen molar-refractivity contribution in [1.82, 2.24) is 9.55 Å². The fourth-order valence-corrected chi connectivity index (χ4v) is 1.82. The molecule has 0 radical (unpaired) electrons. The Morgan fingerprint density at radius 3 is 2.94 bits per heavy atom. The summed E-state index contributed by atoms with van der Waals surface area (Å²) in [5, 5.41) is 0.367. The standard InChI is InChI=1S/C11H9ClFN3S/c12-8-2-1-7(9(13)5-8)6-16-4-3-15-11(16)10(14)17/h1-5H,6H2,(H2,14,17). The van der Waals surface area contributed by atoms with Gasteiger partial charge in [-0.05, 0) is 12.1 Å². The first-order chi connectivity index (χ1) is 8.08. The number of halogens is 2. The average Bonchev–Trinajstić information content (AvgIpc) is 2.70. The van der Waals surface area contributed by atoms with Crippen molar-refractivity contribution in [1.29, 1.82) is 0 Å². The first-order valence-corrected chi connectivity index (χ1v) is 5.61. The topological polar surface area (TPSA) is 43.8 Å². The molecule has 0 unspecified atom stereocenters. The van der Waals surface area contributed by atoms with Gasteiger partial charge in [0.15, 0.2) is 5.82 Å². The van der Waals surface area contributed by atoms with E-state index in [0.29, 0.717) is 23.0 Å². The van der Waals surface area contributed by atoms with E-state index in [2.05, 4.69) is 4.98 Å². The van der Waals surface area contributed by atoms with Crippen molar-refractivity contribution in [2.45, 2.75) is 6.54 Å². The first kappa shape index (κ1) is 12.0. The zero-order valence-corrected chi connectivity index (χ0v) is 10.3. The third-order valence-electron chi connectivity index (χ3n) is 2.29. The highest BCUT2D eigenvalue weighted by atomic mass is 35.5. The van der Waals surface area contributed by atoms with E-state index in [1.807, 2.05) is 0 Å². The molecule has 0 saturated heterocycles. The zero-order chi connectivity index (χ0) is 12.4.